The summed E-state index contributed by atoms with van der Waals surface area (Å²) in [6.45, 7) is 1.57. The first-order chi connectivity index (χ1) is 12.1. The number of unbranched alkanes of at least 4 members (excludes halogenated alkanes) is 4. The summed E-state index contributed by atoms with van der Waals surface area (Å²) in [5, 5.41) is 11.9. The van der Waals surface area contributed by atoms with E-state index in [1.54, 1.807) is 12.1 Å². The van der Waals surface area contributed by atoms with Gasteiger partial charge in [0.2, 0.25) is 5.91 Å². The predicted molar refractivity (Wildman–Crippen MR) is 94.5 cm³/mol. The highest BCUT2D eigenvalue weighted by molar-refractivity contribution is 6.32. The number of fused-ring (bicyclic) bond motifs is 1. The fourth-order valence-corrected chi connectivity index (χ4v) is 2.96. The van der Waals surface area contributed by atoms with Gasteiger partial charge in [0.15, 0.2) is 11.5 Å². The fourth-order valence-electron chi connectivity index (χ4n) is 2.67. The number of carbonyl (C=O) groups is 2. The summed E-state index contributed by atoms with van der Waals surface area (Å²) in [4.78, 5) is 22.4. The minimum absolute atomic E-state index is 0.0568. The molecule has 0 saturated carbocycles. The zero-order valence-corrected chi connectivity index (χ0v) is 14.9. The van der Waals surface area contributed by atoms with Gasteiger partial charge in [0.25, 0.3) is 0 Å². The molecule has 6 nitrogen and oxygen atoms in total. The van der Waals surface area contributed by atoms with Crippen LogP contribution in [0.25, 0.3) is 0 Å². The number of carboxylic acids is 1. The Bertz CT molecular complexity index is 605. The third-order valence-electron chi connectivity index (χ3n) is 3.91. The van der Waals surface area contributed by atoms with Gasteiger partial charge in [0, 0.05) is 13.0 Å². The molecule has 0 aliphatic carbocycles. The number of carbonyl (C=O) groups excluding carboxylic acids is 1. The van der Waals surface area contributed by atoms with Crippen molar-refractivity contribution in [2.45, 2.75) is 44.9 Å². The van der Waals surface area contributed by atoms with Crippen LogP contribution in [0.3, 0.4) is 0 Å². The Balaban J connectivity index is 1.64. The molecule has 2 N–H and O–H groups in total. The standard InChI is InChI=1S/C18H24ClNO5/c19-14-10-13(11-15-18(14)25-9-8-24-15)12-16(21)20-7-5-3-1-2-4-6-17(22)23/h10-11H,1-9,12H2,(H,20,21)(H,22,23). The van der Waals surface area contributed by atoms with Crippen LogP contribution >= 0.6 is 11.6 Å². The molecule has 0 saturated heterocycles. The summed E-state index contributed by atoms with van der Waals surface area (Å²) in [5.74, 6) is 0.327. The smallest absolute Gasteiger partial charge is 0.303 e. The summed E-state index contributed by atoms with van der Waals surface area (Å²) in [7, 11) is 0. The lowest BCUT2D eigenvalue weighted by atomic mass is 10.1. The maximum atomic E-state index is 12.0. The van der Waals surface area contributed by atoms with Crippen molar-refractivity contribution in [3.8, 4) is 11.5 Å². The van der Waals surface area contributed by atoms with Gasteiger partial charge in [0.05, 0.1) is 11.4 Å². The molecule has 7 heteroatoms. The largest absolute Gasteiger partial charge is 0.486 e. The van der Waals surface area contributed by atoms with Crippen molar-refractivity contribution >= 4 is 23.5 Å². The van der Waals surface area contributed by atoms with Crippen molar-refractivity contribution < 1.29 is 24.2 Å². The predicted octanol–water partition coefficient (Wildman–Crippen LogP) is 3.20. The van der Waals surface area contributed by atoms with Gasteiger partial charge in [-0.1, -0.05) is 30.9 Å². The lowest BCUT2D eigenvalue weighted by molar-refractivity contribution is -0.137. The van der Waals surface area contributed by atoms with E-state index in [1.807, 2.05) is 0 Å². The minimum atomic E-state index is -0.744. The first-order valence-electron chi connectivity index (χ1n) is 8.63. The van der Waals surface area contributed by atoms with E-state index in [4.69, 9.17) is 26.2 Å². The molecule has 25 heavy (non-hydrogen) atoms. The summed E-state index contributed by atoms with van der Waals surface area (Å²) >= 11 is 6.16. The molecule has 1 aromatic carbocycles. The van der Waals surface area contributed by atoms with Crippen LogP contribution in [0, 0.1) is 0 Å². The molecule has 0 spiro atoms. The van der Waals surface area contributed by atoms with Gasteiger partial charge in [-0.25, -0.2) is 0 Å². The van der Waals surface area contributed by atoms with Crippen LogP contribution in [0.15, 0.2) is 12.1 Å². The molecule has 1 heterocycles. The van der Waals surface area contributed by atoms with E-state index in [-0.39, 0.29) is 18.7 Å². The average Bonchev–Trinajstić information content (AvgIpc) is 2.57. The molecule has 1 aliphatic heterocycles. The molecule has 0 atom stereocenters. The van der Waals surface area contributed by atoms with E-state index in [0.717, 1.165) is 31.2 Å². The molecule has 0 bridgehead atoms. The van der Waals surface area contributed by atoms with Gasteiger partial charge in [-0.15, -0.1) is 0 Å². The third-order valence-corrected chi connectivity index (χ3v) is 4.19. The first kappa shape index (κ1) is 19.4. The quantitative estimate of drug-likeness (QED) is 0.619. The maximum Gasteiger partial charge on any atom is 0.303 e. The monoisotopic (exact) mass is 369 g/mol. The number of hydrogen-bond donors (Lipinski definition) is 2. The Hall–Kier alpha value is -1.95. The molecule has 0 unspecified atom stereocenters. The van der Waals surface area contributed by atoms with Gasteiger partial charge in [-0.3, -0.25) is 9.59 Å². The number of rotatable bonds is 10. The number of hydrogen-bond acceptors (Lipinski definition) is 4. The zero-order valence-electron chi connectivity index (χ0n) is 14.2. The van der Waals surface area contributed by atoms with Gasteiger partial charge >= 0.3 is 5.97 Å². The average molecular weight is 370 g/mol. The summed E-state index contributed by atoms with van der Waals surface area (Å²) in [6, 6.07) is 3.53. The highest BCUT2D eigenvalue weighted by Crippen LogP contribution is 2.38. The maximum absolute atomic E-state index is 12.0. The molecular formula is C18H24ClNO5. The van der Waals surface area contributed by atoms with Crippen LogP contribution in [0.5, 0.6) is 11.5 Å². The highest BCUT2D eigenvalue weighted by Gasteiger charge is 2.17. The molecule has 2 rings (SSSR count). The van der Waals surface area contributed by atoms with Crippen LogP contribution in [-0.2, 0) is 16.0 Å². The van der Waals surface area contributed by atoms with Crippen molar-refractivity contribution in [3.05, 3.63) is 22.7 Å². The van der Waals surface area contributed by atoms with Crippen molar-refractivity contribution in [3.63, 3.8) is 0 Å². The zero-order chi connectivity index (χ0) is 18.1. The topological polar surface area (TPSA) is 84.9 Å². The number of carboxylic acid groups (broad SMARTS) is 1. The van der Waals surface area contributed by atoms with E-state index in [9.17, 15) is 9.59 Å². The van der Waals surface area contributed by atoms with E-state index in [2.05, 4.69) is 5.32 Å². The van der Waals surface area contributed by atoms with Crippen LogP contribution in [0.2, 0.25) is 5.02 Å². The van der Waals surface area contributed by atoms with E-state index >= 15 is 0 Å². The molecule has 138 valence electrons. The number of halogens is 1. The van der Waals surface area contributed by atoms with Crippen molar-refractivity contribution in [2.24, 2.45) is 0 Å². The van der Waals surface area contributed by atoms with Gasteiger partial charge in [-0.05, 0) is 30.5 Å². The van der Waals surface area contributed by atoms with Crippen LogP contribution in [-0.4, -0.2) is 36.7 Å². The third kappa shape index (κ3) is 6.82. The Labute approximate surface area is 152 Å². The second-order valence-corrected chi connectivity index (χ2v) is 6.45. The molecule has 1 aliphatic rings. The summed E-state index contributed by atoms with van der Waals surface area (Å²) < 4.78 is 11.0. The fraction of sp³-hybridized carbons (Fsp3) is 0.556. The van der Waals surface area contributed by atoms with Crippen LogP contribution < -0.4 is 14.8 Å². The lowest BCUT2D eigenvalue weighted by Crippen LogP contribution is -2.26. The van der Waals surface area contributed by atoms with Crippen LogP contribution in [0.1, 0.15) is 44.1 Å². The van der Waals surface area contributed by atoms with Gasteiger partial charge in [-0.2, -0.15) is 0 Å². The number of benzene rings is 1. The van der Waals surface area contributed by atoms with Crippen molar-refractivity contribution in [1.82, 2.24) is 5.32 Å². The van der Waals surface area contributed by atoms with Gasteiger partial charge < -0.3 is 19.9 Å². The number of amides is 1. The summed E-state index contributed by atoms with van der Waals surface area (Å²) in [6.07, 6.45) is 4.96. The molecule has 1 amide bonds. The van der Waals surface area contributed by atoms with Crippen molar-refractivity contribution in [2.75, 3.05) is 19.8 Å². The normalized spacial score (nSPS) is 12.7. The highest BCUT2D eigenvalue weighted by atomic mass is 35.5. The molecule has 0 radical (unpaired) electrons. The molecule has 0 fully saturated rings. The summed E-state index contributed by atoms with van der Waals surface area (Å²) in [5.41, 5.74) is 0.792. The Kier molecular flexibility index (Phi) is 7.85. The Morgan fingerprint density at radius 2 is 1.80 bits per heavy atom. The van der Waals surface area contributed by atoms with Crippen LogP contribution in [0.4, 0.5) is 0 Å². The van der Waals surface area contributed by atoms with E-state index in [0.29, 0.717) is 42.7 Å². The number of ether oxygens (including phenoxy) is 2. The Morgan fingerprint density at radius 3 is 2.60 bits per heavy atom. The van der Waals surface area contributed by atoms with Crippen molar-refractivity contribution in [1.29, 1.82) is 0 Å². The molecular weight excluding hydrogens is 346 g/mol. The Morgan fingerprint density at radius 1 is 1.08 bits per heavy atom. The minimum Gasteiger partial charge on any atom is -0.486 e. The second-order valence-electron chi connectivity index (χ2n) is 6.04. The van der Waals surface area contributed by atoms with E-state index < -0.39 is 5.97 Å². The van der Waals surface area contributed by atoms with E-state index in [1.165, 1.54) is 0 Å². The first-order valence-corrected chi connectivity index (χ1v) is 9.00. The molecule has 0 aromatic heterocycles. The number of nitrogens with one attached hydrogen (secondary N) is 1. The lowest BCUT2D eigenvalue weighted by Gasteiger charge is -2.20. The number of aliphatic carboxylic acids is 1. The SMILES string of the molecule is O=C(O)CCCCCCCNC(=O)Cc1cc(Cl)c2c(c1)OCCO2. The molecule has 1 aromatic rings. The van der Waals surface area contributed by atoms with Gasteiger partial charge in [0.1, 0.15) is 13.2 Å². The second kappa shape index (κ2) is 10.1.